The highest BCUT2D eigenvalue weighted by Crippen LogP contribution is 2.26. The van der Waals surface area contributed by atoms with Crippen molar-refractivity contribution in [3.8, 4) is 5.88 Å². The summed E-state index contributed by atoms with van der Waals surface area (Å²) in [7, 11) is 1.55. The smallest absolute Gasteiger partial charge is 0.237 e. The molecule has 4 heteroatoms. The molecule has 0 spiro atoms. The van der Waals surface area contributed by atoms with Gasteiger partial charge in [-0.1, -0.05) is 25.4 Å². The first-order valence-corrected chi connectivity index (χ1v) is 4.91. The van der Waals surface area contributed by atoms with Crippen molar-refractivity contribution in [3.05, 3.63) is 16.8 Å². The molecule has 1 aromatic rings. The highest BCUT2D eigenvalue weighted by atomic mass is 35.5. The molecule has 1 heterocycles. The number of halogens is 1. The van der Waals surface area contributed by atoms with Crippen molar-refractivity contribution in [3.63, 3.8) is 0 Å². The van der Waals surface area contributed by atoms with Gasteiger partial charge >= 0.3 is 0 Å². The van der Waals surface area contributed by atoms with Gasteiger partial charge in [0.15, 0.2) is 0 Å². The van der Waals surface area contributed by atoms with E-state index < -0.39 is 0 Å². The fourth-order valence-corrected chi connectivity index (χ4v) is 1.45. The van der Waals surface area contributed by atoms with E-state index in [0.717, 1.165) is 12.1 Å². The van der Waals surface area contributed by atoms with E-state index in [4.69, 9.17) is 22.1 Å². The van der Waals surface area contributed by atoms with Gasteiger partial charge in [-0.3, -0.25) is 0 Å². The Balaban J connectivity index is 3.04. The number of nitrogen functional groups attached to an aromatic ring is 1. The molecule has 1 rings (SSSR count). The Labute approximate surface area is 89.2 Å². The van der Waals surface area contributed by atoms with E-state index in [0.29, 0.717) is 22.5 Å². The van der Waals surface area contributed by atoms with Crippen LogP contribution in [0.3, 0.4) is 0 Å². The largest absolute Gasteiger partial charge is 0.480 e. The Morgan fingerprint density at radius 2 is 2.21 bits per heavy atom. The van der Waals surface area contributed by atoms with E-state index in [1.54, 1.807) is 13.2 Å². The van der Waals surface area contributed by atoms with Gasteiger partial charge < -0.3 is 10.5 Å². The molecule has 0 saturated carbocycles. The summed E-state index contributed by atoms with van der Waals surface area (Å²) in [5, 5.41) is 0.608. The van der Waals surface area contributed by atoms with Crippen molar-refractivity contribution < 1.29 is 4.74 Å². The van der Waals surface area contributed by atoms with Gasteiger partial charge in [0.2, 0.25) is 5.88 Å². The topological polar surface area (TPSA) is 48.1 Å². The Morgan fingerprint density at radius 1 is 1.57 bits per heavy atom. The van der Waals surface area contributed by atoms with Gasteiger partial charge in [-0.15, -0.1) is 0 Å². The summed E-state index contributed by atoms with van der Waals surface area (Å²) in [6, 6.07) is 1.69. The second-order valence-electron chi connectivity index (χ2n) is 3.61. The van der Waals surface area contributed by atoms with E-state index in [2.05, 4.69) is 18.8 Å². The number of pyridine rings is 1. The van der Waals surface area contributed by atoms with Gasteiger partial charge in [0.1, 0.15) is 0 Å². The molecule has 0 bridgehead atoms. The summed E-state index contributed by atoms with van der Waals surface area (Å²) in [6.07, 6.45) is 0.829. The van der Waals surface area contributed by atoms with E-state index in [1.165, 1.54) is 0 Å². The van der Waals surface area contributed by atoms with Crippen LogP contribution in [-0.4, -0.2) is 12.1 Å². The number of methoxy groups -OCH3 is 1. The van der Waals surface area contributed by atoms with Crippen LogP contribution in [0.5, 0.6) is 5.88 Å². The minimum absolute atomic E-state index is 0.449. The zero-order valence-corrected chi connectivity index (χ0v) is 9.43. The van der Waals surface area contributed by atoms with Gasteiger partial charge in [0, 0.05) is 0 Å². The van der Waals surface area contributed by atoms with Gasteiger partial charge in [-0.25, -0.2) is 4.98 Å². The summed E-state index contributed by atoms with van der Waals surface area (Å²) in [5.74, 6) is 0.957. The lowest BCUT2D eigenvalue weighted by Gasteiger charge is -2.10. The molecule has 3 nitrogen and oxygen atoms in total. The molecule has 1 aromatic heterocycles. The highest BCUT2D eigenvalue weighted by molar-refractivity contribution is 6.31. The summed E-state index contributed by atoms with van der Waals surface area (Å²) in [6.45, 7) is 4.22. The third-order valence-electron chi connectivity index (χ3n) is 1.84. The second-order valence-corrected chi connectivity index (χ2v) is 4.02. The predicted octanol–water partition coefficient (Wildman–Crippen LogP) is 2.52. The summed E-state index contributed by atoms with van der Waals surface area (Å²) < 4.78 is 5.03. The zero-order chi connectivity index (χ0) is 10.7. The lowest BCUT2D eigenvalue weighted by Crippen LogP contribution is -2.03. The van der Waals surface area contributed by atoms with Gasteiger partial charge in [-0.2, -0.15) is 0 Å². The number of aromatic nitrogens is 1. The Hall–Kier alpha value is -0.960. The average molecular weight is 215 g/mol. The SMILES string of the molecule is COc1nc(CC(C)C)c(Cl)cc1N. The van der Waals surface area contributed by atoms with Crippen molar-refractivity contribution in [2.75, 3.05) is 12.8 Å². The fourth-order valence-electron chi connectivity index (χ4n) is 1.22. The number of nitrogens with two attached hydrogens (primary N) is 1. The van der Waals surface area contributed by atoms with Crippen LogP contribution in [-0.2, 0) is 6.42 Å². The van der Waals surface area contributed by atoms with Crippen LogP contribution in [0.25, 0.3) is 0 Å². The monoisotopic (exact) mass is 214 g/mol. The maximum atomic E-state index is 6.00. The molecule has 0 aliphatic rings. The maximum absolute atomic E-state index is 6.00. The van der Waals surface area contributed by atoms with E-state index >= 15 is 0 Å². The maximum Gasteiger partial charge on any atom is 0.237 e. The molecule has 0 radical (unpaired) electrons. The third kappa shape index (κ3) is 2.51. The van der Waals surface area contributed by atoms with Crippen LogP contribution in [0.2, 0.25) is 5.02 Å². The molecule has 14 heavy (non-hydrogen) atoms. The Bertz CT molecular complexity index is 326. The van der Waals surface area contributed by atoms with Crippen LogP contribution in [0.1, 0.15) is 19.5 Å². The molecule has 0 saturated heterocycles. The molecular weight excluding hydrogens is 200 g/mol. The molecule has 0 amide bonds. The normalized spacial score (nSPS) is 10.6. The average Bonchev–Trinajstić information content (AvgIpc) is 2.09. The number of nitrogens with zero attached hydrogens (tertiary/aromatic N) is 1. The minimum atomic E-state index is 0.449. The predicted molar refractivity (Wildman–Crippen MR) is 58.8 cm³/mol. The van der Waals surface area contributed by atoms with Crippen LogP contribution in [0, 0.1) is 5.92 Å². The number of anilines is 1. The minimum Gasteiger partial charge on any atom is -0.480 e. The number of hydrogen-bond acceptors (Lipinski definition) is 3. The van der Waals surface area contributed by atoms with E-state index in [-0.39, 0.29) is 0 Å². The third-order valence-corrected chi connectivity index (χ3v) is 2.16. The molecule has 2 N–H and O–H groups in total. The van der Waals surface area contributed by atoms with Crippen molar-refractivity contribution in [2.24, 2.45) is 5.92 Å². The quantitative estimate of drug-likeness (QED) is 0.841. The standard InChI is InChI=1S/C10H15ClN2O/c1-6(2)4-9-7(11)5-8(12)10(13-9)14-3/h5-6H,4,12H2,1-3H3. The molecule has 0 unspecified atom stereocenters. The molecule has 78 valence electrons. The van der Waals surface area contributed by atoms with Crippen LogP contribution >= 0.6 is 11.6 Å². The lowest BCUT2D eigenvalue weighted by atomic mass is 10.1. The van der Waals surface area contributed by atoms with Crippen LogP contribution in [0.15, 0.2) is 6.07 Å². The number of rotatable bonds is 3. The fraction of sp³-hybridized carbons (Fsp3) is 0.500. The second kappa shape index (κ2) is 4.51. The van der Waals surface area contributed by atoms with Gasteiger partial charge in [-0.05, 0) is 18.4 Å². The first-order valence-electron chi connectivity index (χ1n) is 4.53. The molecule has 0 aliphatic heterocycles. The molecular formula is C10H15ClN2O. The van der Waals surface area contributed by atoms with Crippen molar-refractivity contribution >= 4 is 17.3 Å². The Morgan fingerprint density at radius 3 is 2.71 bits per heavy atom. The molecule has 0 aliphatic carbocycles. The van der Waals surface area contributed by atoms with Crippen molar-refractivity contribution in [2.45, 2.75) is 20.3 Å². The first kappa shape index (κ1) is 11.1. The van der Waals surface area contributed by atoms with Crippen molar-refractivity contribution in [1.82, 2.24) is 4.98 Å². The number of hydrogen-bond donors (Lipinski definition) is 1. The van der Waals surface area contributed by atoms with Crippen LogP contribution in [0.4, 0.5) is 5.69 Å². The first-order chi connectivity index (χ1) is 6.54. The van der Waals surface area contributed by atoms with Crippen molar-refractivity contribution in [1.29, 1.82) is 0 Å². The van der Waals surface area contributed by atoms with Gasteiger partial charge in [0.25, 0.3) is 0 Å². The number of ether oxygens (including phenoxy) is 1. The highest BCUT2D eigenvalue weighted by Gasteiger charge is 2.09. The summed E-state index contributed by atoms with van der Waals surface area (Å²) >= 11 is 6.00. The van der Waals surface area contributed by atoms with E-state index in [1.807, 2.05) is 0 Å². The van der Waals surface area contributed by atoms with Crippen LogP contribution < -0.4 is 10.5 Å². The molecule has 0 atom stereocenters. The lowest BCUT2D eigenvalue weighted by molar-refractivity contribution is 0.398. The van der Waals surface area contributed by atoms with E-state index in [9.17, 15) is 0 Å². The summed E-state index contributed by atoms with van der Waals surface area (Å²) in [5.41, 5.74) is 6.98. The summed E-state index contributed by atoms with van der Waals surface area (Å²) in [4.78, 5) is 4.25. The Kier molecular flexibility index (Phi) is 3.58. The van der Waals surface area contributed by atoms with Gasteiger partial charge in [0.05, 0.1) is 23.5 Å². The molecule has 0 aromatic carbocycles. The molecule has 0 fully saturated rings. The zero-order valence-electron chi connectivity index (χ0n) is 8.67.